The first-order valence-corrected chi connectivity index (χ1v) is 19.6. The number of halogens is 2. The minimum absolute atomic E-state index is 0.135. The highest BCUT2D eigenvalue weighted by molar-refractivity contribution is 6.35. The van der Waals surface area contributed by atoms with Crippen LogP contribution in [0.2, 0.25) is 10.0 Å². The fraction of sp³-hybridized carbons (Fsp3) is 0.372. The van der Waals surface area contributed by atoms with Gasteiger partial charge in [-0.2, -0.15) is 5.10 Å². The molecule has 1 saturated carbocycles. The third kappa shape index (κ3) is 6.33. The van der Waals surface area contributed by atoms with E-state index in [-0.39, 0.29) is 17.6 Å². The van der Waals surface area contributed by atoms with Gasteiger partial charge in [-0.1, -0.05) is 29.3 Å². The van der Waals surface area contributed by atoms with E-state index in [0.717, 1.165) is 73.7 Å². The number of carboxylic acid groups (broad SMARTS) is 1. The van der Waals surface area contributed by atoms with Gasteiger partial charge in [0.05, 0.1) is 40.7 Å². The lowest BCUT2D eigenvalue weighted by molar-refractivity contribution is 0.0687. The Balaban J connectivity index is 1.28. The number of carbonyl (C=O) groups is 2. The molecule has 1 fully saturated rings. The van der Waals surface area contributed by atoms with Crippen LogP contribution in [0, 0.1) is 33.6 Å². The molecule has 4 heterocycles. The number of anilines is 1. The molecular formula is C43H45Cl2N5O5. The van der Waals surface area contributed by atoms with Crippen molar-refractivity contribution in [2.75, 3.05) is 24.7 Å². The summed E-state index contributed by atoms with van der Waals surface area (Å²) in [6.07, 6.45) is 3.47. The molecule has 12 heteroatoms. The maximum Gasteiger partial charge on any atom is 0.352 e. The number of aryl methyl sites for hydroxylation is 6. The molecule has 3 aromatic carbocycles. The molecule has 0 unspecified atom stereocenters. The lowest BCUT2D eigenvalue weighted by Crippen LogP contribution is -2.43. The number of hydrogen-bond acceptors (Lipinski definition) is 5. The monoisotopic (exact) mass is 781 g/mol. The predicted molar refractivity (Wildman–Crippen MR) is 218 cm³/mol. The van der Waals surface area contributed by atoms with Gasteiger partial charge in [0.25, 0.3) is 5.91 Å². The van der Waals surface area contributed by atoms with Crippen molar-refractivity contribution in [3.05, 3.63) is 92.0 Å². The minimum atomic E-state index is -1.04. The number of ether oxygens (including phenoxy) is 2. The standard InChI is InChI=1S/C43H45Cl2N5O5/c1-22-15-29(16-23(2)38(22)45)54-14-8-9-31-32-12-13-33(44)37(36-25(4)46-48(7)26(36)5)40(32)50-24(3)20-49(42(51)41(31)50)34-19-30(55-21-27-10-11-27)17-28-18-35(43(52)53)47(6)39(28)34/h12-13,15-19,24,27H,8-11,14,20-21H2,1-7H3,(H,52,53)/t24-/m1/s1. The highest BCUT2D eigenvalue weighted by atomic mass is 35.5. The van der Waals surface area contributed by atoms with Gasteiger partial charge in [-0.25, -0.2) is 4.79 Å². The second kappa shape index (κ2) is 14.0. The van der Waals surface area contributed by atoms with Crippen molar-refractivity contribution in [3.63, 3.8) is 0 Å². The number of aromatic nitrogens is 4. The number of hydrogen-bond donors (Lipinski definition) is 1. The summed E-state index contributed by atoms with van der Waals surface area (Å²) in [5.74, 6) is 0.679. The lowest BCUT2D eigenvalue weighted by atomic mass is 9.98. The quantitative estimate of drug-likeness (QED) is 0.131. The van der Waals surface area contributed by atoms with Gasteiger partial charge in [0.2, 0.25) is 0 Å². The number of fused-ring (bicyclic) bond motifs is 4. The van der Waals surface area contributed by atoms with Crippen molar-refractivity contribution < 1.29 is 24.2 Å². The van der Waals surface area contributed by atoms with Crippen LogP contribution in [0.15, 0.2) is 42.5 Å². The molecule has 286 valence electrons. The molecule has 2 aliphatic rings. The normalized spacial score (nSPS) is 15.7. The average molecular weight is 783 g/mol. The number of amides is 1. The van der Waals surface area contributed by atoms with E-state index in [1.807, 2.05) is 75.8 Å². The van der Waals surface area contributed by atoms with Gasteiger partial charge in [-0.05, 0) is 113 Å². The SMILES string of the molecule is Cc1cc(OCCCc2c3n(c4c(-c5c(C)nn(C)c5C)c(Cl)ccc24)[C@H](C)CN(c2cc(OCC4CC4)cc4cc(C(=O)O)n(C)c24)C3=O)cc(C)c1Cl. The van der Waals surface area contributed by atoms with Crippen LogP contribution in [0.3, 0.4) is 0 Å². The van der Waals surface area contributed by atoms with Crippen LogP contribution in [-0.4, -0.2) is 55.7 Å². The van der Waals surface area contributed by atoms with Crippen molar-refractivity contribution >= 4 is 62.6 Å². The number of nitrogens with zero attached hydrogens (tertiary/aromatic N) is 5. The molecule has 1 atom stereocenters. The first kappa shape index (κ1) is 37.0. The molecule has 0 spiro atoms. The van der Waals surface area contributed by atoms with Gasteiger partial charge in [0, 0.05) is 65.4 Å². The highest BCUT2D eigenvalue weighted by Gasteiger charge is 2.38. The smallest absolute Gasteiger partial charge is 0.352 e. The van der Waals surface area contributed by atoms with Gasteiger partial charge >= 0.3 is 5.97 Å². The summed E-state index contributed by atoms with van der Waals surface area (Å²) < 4.78 is 18.2. The van der Waals surface area contributed by atoms with Crippen molar-refractivity contribution in [2.24, 2.45) is 20.0 Å². The number of aromatic carboxylic acids is 1. The van der Waals surface area contributed by atoms with Crippen LogP contribution < -0.4 is 14.4 Å². The molecule has 3 aromatic heterocycles. The molecule has 10 nitrogen and oxygen atoms in total. The Morgan fingerprint density at radius 2 is 1.65 bits per heavy atom. The Hall–Kier alpha value is -4.93. The molecule has 1 aliphatic carbocycles. The zero-order valence-electron chi connectivity index (χ0n) is 32.2. The number of carbonyl (C=O) groups excluding carboxylic acids is 1. The molecule has 1 N–H and O–H groups in total. The topological polar surface area (TPSA) is 104 Å². The second-order valence-corrected chi connectivity index (χ2v) is 16.1. The fourth-order valence-electron chi connectivity index (χ4n) is 8.38. The fourth-order valence-corrected chi connectivity index (χ4v) is 8.74. The number of carboxylic acids is 1. The van der Waals surface area contributed by atoms with Gasteiger partial charge in [-0.3, -0.25) is 9.48 Å². The summed E-state index contributed by atoms with van der Waals surface area (Å²) in [4.78, 5) is 29.4. The van der Waals surface area contributed by atoms with E-state index in [9.17, 15) is 9.90 Å². The molecule has 55 heavy (non-hydrogen) atoms. The van der Waals surface area contributed by atoms with Crippen LogP contribution in [-0.2, 0) is 20.5 Å². The first-order valence-electron chi connectivity index (χ1n) is 18.8. The molecule has 6 aromatic rings. The maximum absolute atomic E-state index is 15.3. The summed E-state index contributed by atoms with van der Waals surface area (Å²) in [6, 6.07) is 13.1. The van der Waals surface area contributed by atoms with E-state index < -0.39 is 5.97 Å². The number of benzene rings is 3. The molecule has 0 radical (unpaired) electrons. The predicted octanol–water partition coefficient (Wildman–Crippen LogP) is 9.79. The third-order valence-electron chi connectivity index (χ3n) is 11.3. The molecular weight excluding hydrogens is 737 g/mol. The van der Waals surface area contributed by atoms with Gasteiger partial charge < -0.3 is 28.6 Å². The van der Waals surface area contributed by atoms with Crippen LogP contribution in [0.25, 0.3) is 32.9 Å². The Labute approximate surface area is 330 Å². The van der Waals surface area contributed by atoms with E-state index in [1.54, 1.807) is 22.6 Å². The van der Waals surface area contributed by atoms with Gasteiger partial charge in [0.15, 0.2) is 0 Å². The molecule has 8 rings (SSSR count). The summed E-state index contributed by atoms with van der Waals surface area (Å²) in [6.45, 7) is 11.4. The van der Waals surface area contributed by atoms with Gasteiger partial charge in [-0.15, -0.1) is 0 Å². The van der Waals surface area contributed by atoms with Gasteiger partial charge in [0.1, 0.15) is 22.9 Å². The average Bonchev–Trinajstić information content (AvgIpc) is 3.76. The summed E-state index contributed by atoms with van der Waals surface area (Å²) in [5.41, 5.74) is 9.37. The Kier molecular flexibility index (Phi) is 9.41. The van der Waals surface area contributed by atoms with E-state index in [0.29, 0.717) is 71.6 Å². The Bertz CT molecular complexity index is 2540. The van der Waals surface area contributed by atoms with Crippen molar-refractivity contribution in [3.8, 4) is 22.6 Å². The van der Waals surface area contributed by atoms with E-state index in [4.69, 9.17) is 37.8 Å². The Morgan fingerprint density at radius 1 is 0.945 bits per heavy atom. The number of rotatable bonds is 11. The van der Waals surface area contributed by atoms with E-state index in [2.05, 4.69) is 11.5 Å². The molecule has 0 saturated heterocycles. The first-order chi connectivity index (χ1) is 26.2. The second-order valence-electron chi connectivity index (χ2n) is 15.3. The minimum Gasteiger partial charge on any atom is -0.494 e. The largest absolute Gasteiger partial charge is 0.494 e. The third-order valence-corrected chi connectivity index (χ3v) is 12.2. The summed E-state index contributed by atoms with van der Waals surface area (Å²) in [7, 11) is 3.66. The van der Waals surface area contributed by atoms with Crippen LogP contribution >= 0.6 is 23.2 Å². The zero-order chi connectivity index (χ0) is 39.0. The van der Waals surface area contributed by atoms with Crippen molar-refractivity contribution in [1.82, 2.24) is 18.9 Å². The lowest BCUT2D eigenvalue weighted by Gasteiger charge is -2.35. The van der Waals surface area contributed by atoms with Crippen molar-refractivity contribution in [2.45, 2.75) is 66.3 Å². The zero-order valence-corrected chi connectivity index (χ0v) is 33.7. The highest BCUT2D eigenvalue weighted by Crippen LogP contribution is 2.46. The summed E-state index contributed by atoms with van der Waals surface area (Å²) in [5, 5.41) is 17.8. The van der Waals surface area contributed by atoms with E-state index >= 15 is 4.79 Å². The van der Waals surface area contributed by atoms with Crippen LogP contribution in [0.1, 0.15) is 81.3 Å². The molecule has 1 amide bonds. The maximum atomic E-state index is 15.3. The Morgan fingerprint density at radius 3 is 2.31 bits per heavy atom. The van der Waals surface area contributed by atoms with E-state index in [1.165, 1.54) is 0 Å². The van der Waals surface area contributed by atoms with Crippen molar-refractivity contribution in [1.29, 1.82) is 0 Å². The molecule has 1 aliphatic heterocycles. The van der Waals surface area contributed by atoms with Crippen LogP contribution in [0.4, 0.5) is 5.69 Å². The molecule has 0 bridgehead atoms. The van der Waals surface area contributed by atoms with Crippen LogP contribution in [0.5, 0.6) is 11.5 Å². The summed E-state index contributed by atoms with van der Waals surface area (Å²) >= 11 is 13.6.